The molecule has 0 N–H and O–H groups in total. The van der Waals surface area contributed by atoms with Crippen LogP contribution in [0.1, 0.15) is 32.0 Å². The maximum Gasteiger partial charge on any atom is 0.340 e. The first kappa shape index (κ1) is 17.0. The van der Waals surface area contributed by atoms with Crippen molar-refractivity contribution in [3.05, 3.63) is 82.1 Å². The topological polar surface area (TPSA) is 56.5 Å². The summed E-state index contributed by atoms with van der Waals surface area (Å²) in [7, 11) is 0. The van der Waals surface area contributed by atoms with E-state index < -0.39 is 5.97 Å². The quantitative estimate of drug-likeness (QED) is 0.473. The number of furan rings is 1. The van der Waals surface area contributed by atoms with Crippen molar-refractivity contribution < 1.29 is 18.7 Å². The van der Waals surface area contributed by atoms with Crippen LogP contribution in [0.4, 0.5) is 0 Å². The van der Waals surface area contributed by atoms with Crippen molar-refractivity contribution in [2.24, 2.45) is 0 Å². The second-order valence-electron chi connectivity index (χ2n) is 5.58. The molecule has 1 aromatic heterocycles. The van der Waals surface area contributed by atoms with E-state index >= 15 is 0 Å². The molecule has 0 saturated heterocycles. The molecule has 3 aromatic rings. The summed E-state index contributed by atoms with van der Waals surface area (Å²) >= 11 is 6.13. The van der Waals surface area contributed by atoms with Gasteiger partial charge in [0.25, 0.3) is 0 Å². The number of carbonyl (C=O) groups excluding carboxylic acids is 2. The number of hydrogen-bond acceptors (Lipinski definition) is 4. The number of benzene rings is 2. The van der Waals surface area contributed by atoms with Gasteiger partial charge in [-0.25, -0.2) is 4.79 Å². The Morgan fingerprint density at radius 3 is 2.72 bits per heavy atom. The van der Waals surface area contributed by atoms with Gasteiger partial charge in [0.05, 0.1) is 10.6 Å². The molecule has 0 bridgehead atoms. The molecule has 0 amide bonds. The first-order valence-electron chi connectivity index (χ1n) is 7.64. The first-order chi connectivity index (χ1) is 12.1. The van der Waals surface area contributed by atoms with E-state index in [9.17, 15) is 9.59 Å². The molecule has 126 valence electrons. The molecular weight excluding hydrogens is 340 g/mol. The Morgan fingerprint density at radius 1 is 1.16 bits per heavy atom. The van der Waals surface area contributed by atoms with Crippen molar-refractivity contribution in [3.63, 3.8) is 0 Å². The molecule has 1 heterocycles. The first-order valence-corrected chi connectivity index (χ1v) is 8.02. The highest BCUT2D eigenvalue weighted by atomic mass is 35.5. The maximum atomic E-state index is 12.4. The smallest absolute Gasteiger partial charge is 0.340 e. The summed E-state index contributed by atoms with van der Waals surface area (Å²) in [6.45, 7) is 2.14. The minimum Gasteiger partial charge on any atom is -0.457 e. The predicted octanol–water partition coefficient (Wildman–Crippen LogP) is 5.08. The summed E-state index contributed by atoms with van der Waals surface area (Å²) in [5.74, 6) is 0.176. The third kappa shape index (κ3) is 3.98. The average Bonchev–Trinajstić information content (AvgIpc) is 3.09. The summed E-state index contributed by atoms with van der Waals surface area (Å²) in [6, 6.07) is 15.9. The Labute approximate surface area is 150 Å². The average molecular weight is 355 g/mol. The van der Waals surface area contributed by atoms with Crippen LogP contribution >= 0.6 is 11.6 Å². The van der Waals surface area contributed by atoms with Crippen LogP contribution in [0.3, 0.4) is 0 Å². The highest BCUT2D eigenvalue weighted by Crippen LogP contribution is 2.27. The summed E-state index contributed by atoms with van der Waals surface area (Å²) in [5.41, 5.74) is 2.88. The van der Waals surface area contributed by atoms with Crippen molar-refractivity contribution in [1.82, 2.24) is 0 Å². The molecule has 0 radical (unpaired) electrons. The number of ether oxygens (including phenoxy) is 1. The fourth-order valence-electron chi connectivity index (χ4n) is 2.43. The molecule has 0 saturated carbocycles. The lowest BCUT2D eigenvalue weighted by Gasteiger charge is -2.08. The molecule has 3 rings (SSSR count). The van der Waals surface area contributed by atoms with Crippen LogP contribution in [0, 0.1) is 6.92 Å². The second-order valence-corrected chi connectivity index (χ2v) is 5.99. The van der Waals surface area contributed by atoms with Crippen molar-refractivity contribution in [1.29, 1.82) is 0 Å². The van der Waals surface area contributed by atoms with Gasteiger partial charge in [-0.1, -0.05) is 41.4 Å². The van der Waals surface area contributed by atoms with Crippen molar-refractivity contribution in [2.75, 3.05) is 0 Å². The lowest BCUT2D eigenvalue weighted by atomic mass is 10.1. The molecule has 2 aromatic carbocycles. The standard InChI is InChI=1S/C20H15ClO4/c1-13-3-2-4-14(9-13)12-24-20(23)17-10-15(5-7-18(17)21)19-8-6-16(11-22)25-19/h2-11H,12H2,1H3. The molecule has 4 nitrogen and oxygen atoms in total. The largest absolute Gasteiger partial charge is 0.457 e. The molecule has 0 spiro atoms. The van der Waals surface area contributed by atoms with Crippen LogP contribution in [0.5, 0.6) is 0 Å². The van der Waals surface area contributed by atoms with Gasteiger partial charge in [0.1, 0.15) is 12.4 Å². The number of aryl methyl sites for hydroxylation is 1. The van der Waals surface area contributed by atoms with E-state index in [1.165, 1.54) is 0 Å². The Morgan fingerprint density at radius 2 is 2.00 bits per heavy atom. The highest BCUT2D eigenvalue weighted by molar-refractivity contribution is 6.33. The molecular formula is C20H15ClO4. The SMILES string of the molecule is Cc1cccc(COC(=O)c2cc(-c3ccc(C=O)o3)ccc2Cl)c1. The van der Waals surface area contributed by atoms with Crippen molar-refractivity contribution in [3.8, 4) is 11.3 Å². The van der Waals surface area contributed by atoms with Gasteiger partial charge in [0.15, 0.2) is 12.0 Å². The van der Waals surface area contributed by atoms with Crippen LogP contribution < -0.4 is 0 Å². The molecule has 25 heavy (non-hydrogen) atoms. The predicted molar refractivity (Wildman–Crippen MR) is 94.8 cm³/mol. The Kier molecular flexibility index (Phi) is 5.00. The second kappa shape index (κ2) is 7.36. The lowest BCUT2D eigenvalue weighted by molar-refractivity contribution is 0.0473. The van der Waals surface area contributed by atoms with E-state index in [-0.39, 0.29) is 17.9 Å². The monoisotopic (exact) mass is 354 g/mol. The molecule has 0 fully saturated rings. The summed E-state index contributed by atoms with van der Waals surface area (Å²) in [5, 5.41) is 0.292. The third-order valence-corrected chi connectivity index (χ3v) is 4.00. The number of halogens is 1. The van der Waals surface area contributed by atoms with Gasteiger partial charge in [-0.15, -0.1) is 0 Å². The van der Waals surface area contributed by atoms with E-state index in [0.717, 1.165) is 11.1 Å². The van der Waals surface area contributed by atoms with E-state index in [1.54, 1.807) is 30.3 Å². The Hall–Kier alpha value is -2.85. The van der Waals surface area contributed by atoms with Gasteiger partial charge in [0.2, 0.25) is 0 Å². The van der Waals surface area contributed by atoms with Gasteiger partial charge in [-0.05, 0) is 42.8 Å². The molecule has 5 heteroatoms. The zero-order valence-electron chi connectivity index (χ0n) is 13.5. The Balaban J connectivity index is 1.79. The maximum absolute atomic E-state index is 12.4. The molecule has 0 unspecified atom stereocenters. The molecule has 0 aliphatic carbocycles. The van der Waals surface area contributed by atoms with Gasteiger partial charge in [0, 0.05) is 5.56 Å². The number of carbonyl (C=O) groups is 2. The summed E-state index contributed by atoms with van der Waals surface area (Å²) in [6.07, 6.45) is 0.621. The number of hydrogen-bond donors (Lipinski definition) is 0. The van der Waals surface area contributed by atoms with Crippen molar-refractivity contribution >= 4 is 23.9 Å². The van der Waals surface area contributed by atoms with Gasteiger partial charge in [-0.2, -0.15) is 0 Å². The van der Waals surface area contributed by atoms with Gasteiger partial charge < -0.3 is 9.15 Å². The zero-order valence-corrected chi connectivity index (χ0v) is 14.2. The third-order valence-electron chi connectivity index (χ3n) is 3.67. The van der Waals surface area contributed by atoms with E-state index in [0.29, 0.717) is 22.6 Å². The number of rotatable bonds is 5. The molecule has 0 aliphatic rings. The zero-order chi connectivity index (χ0) is 17.8. The summed E-state index contributed by atoms with van der Waals surface area (Å²) < 4.78 is 10.7. The van der Waals surface area contributed by atoms with Gasteiger partial charge in [-0.3, -0.25) is 4.79 Å². The summed E-state index contributed by atoms with van der Waals surface area (Å²) in [4.78, 5) is 23.1. The van der Waals surface area contributed by atoms with Crippen LogP contribution in [0.2, 0.25) is 5.02 Å². The van der Waals surface area contributed by atoms with Crippen LogP contribution in [-0.4, -0.2) is 12.3 Å². The fourth-order valence-corrected chi connectivity index (χ4v) is 2.63. The molecule has 0 atom stereocenters. The van der Waals surface area contributed by atoms with Crippen molar-refractivity contribution in [2.45, 2.75) is 13.5 Å². The van der Waals surface area contributed by atoms with Crippen LogP contribution in [0.25, 0.3) is 11.3 Å². The minimum absolute atomic E-state index is 0.164. The van der Waals surface area contributed by atoms with E-state index in [1.807, 2.05) is 31.2 Å². The minimum atomic E-state index is -0.518. The normalized spacial score (nSPS) is 10.5. The van der Waals surface area contributed by atoms with Crippen LogP contribution in [0.15, 0.2) is 59.0 Å². The molecule has 0 aliphatic heterocycles. The van der Waals surface area contributed by atoms with Gasteiger partial charge >= 0.3 is 5.97 Å². The van der Waals surface area contributed by atoms with Crippen LogP contribution in [-0.2, 0) is 11.3 Å². The number of esters is 1. The van der Waals surface area contributed by atoms with E-state index in [2.05, 4.69) is 0 Å². The lowest BCUT2D eigenvalue weighted by Crippen LogP contribution is -2.06. The highest BCUT2D eigenvalue weighted by Gasteiger charge is 2.15. The van der Waals surface area contributed by atoms with E-state index in [4.69, 9.17) is 20.8 Å². The number of aldehydes is 1. The Bertz CT molecular complexity index is 927. The fraction of sp³-hybridized carbons (Fsp3) is 0.100.